The van der Waals surface area contributed by atoms with Crippen LogP contribution < -0.4 is 14.8 Å². The van der Waals surface area contributed by atoms with Crippen LogP contribution in [-0.4, -0.2) is 55.7 Å². The third-order valence-corrected chi connectivity index (χ3v) is 5.28. The number of benzene rings is 1. The van der Waals surface area contributed by atoms with Crippen molar-refractivity contribution in [1.29, 1.82) is 0 Å². The molecule has 1 N–H and O–H groups in total. The van der Waals surface area contributed by atoms with Gasteiger partial charge >= 0.3 is 0 Å². The second-order valence-electron chi connectivity index (χ2n) is 6.03. The molecular formula is C18H23N3O3S. The molecule has 2 heterocycles. The van der Waals surface area contributed by atoms with Gasteiger partial charge in [-0.3, -0.25) is 4.79 Å². The van der Waals surface area contributed by atoms with Gasteiger partial charge in [-0.05, 0) is 25.1 Å². The number of piperazine rings is 1. The van der Waals surface area contributed by atoms with Gasteiger partial charge in [0.1, 0.15) is 5.01 Å². The lowest BCUT2D eigenvalue weighted by Gasteiger charge is -2.33. The Kier molecular flexibility index (Phi) is 5.55. The van der Waals surface area contributed by atoms with E-state index in [0.29, 0.717) is 17.9 Å². The molecule has 0 aliphatic carbocycles. The normalized spacial score (nSPS) is 17.4. The second kappa shape index (κ2) is 7.84. The Hall–Kier alpha value is -2.12. The maximum Gasteiger partial charge on any atom is 0.228 e. The highest BCUT2D eigenvalue weighted by Crippen LogP contribution is 2.33. The fourth-order valence-electron chi connectivity index (χ4n) is 2.96. The molecule has 0 spiro atoms. The van der Waals surface area contributed by atoms with Crippen LogP contribution in [0.4, 0.5) is 0 Å². The third kappa shape index (κ3) is 3.93. The number of rotatable bonds is 5. The van der Waals surface area contributed by atoms with Gasteiger partial charge in [-0.1, -0.05) is 0 Å². The van der Waals surface area contributed by atoms with Gasteiger partial charge in [0.25, 0.3) is 0 Å². The Morgan fingerprint density at radius 1 is 1.36 bits per heavy atom. The van der Waals surface area contributed by atoms with Gasteiger partial charge in [0, 0.05) is 36.6 Å². The number of methoxy groups -OCH3 is 2. The summed E-state index contributed by atoms with van der Waals surface area (Å²) in [4.78, 5) is 19.1. The van der Waals surface area contributed by atoms with Crippen molar-refractivity contribution in [3.05, 3.63) is 29.3 Å². The van der Waals surface area contributed by atoms with Crippen molar-refractivity contribution in [2.75, 3.05) is 33.9 Å². The van der Waals surface area contributed by atoms with E-state index in [0.717, 1.165) is 35.9 Å². The van der Waals surface area contributed by atoms with Crippen molar-refractivity contribution in [2.45, 2.75) is 19.4 Å². The quantitative estimate of drug-likeness (QED) is 0.884. The average Bonchev–Trinajstić information content (AvgIpc) is 3.09. The first kappa shape index (κ1) is 17.7. The summed E-state index contributed by atoms with van der Waals surface area (Å²) in [6.45, 7) is 4.52. The number of amides is 1. The van der Waals surface area contributed by atoms with E-state index in [1.807, 2.05) is 28.5 Å². The molecule has 1 saturated heterocycles. The maximum atomic E-state index is 12.5. The van der Waals surface area contributed by atoms with Gasteiger partial charge in [-0.2, -0.15) is 0 Å². The van der Waals surface area contributed by atoms with E-state index < -0.39 is 0 Å². The van der Waals surface area contributed by atoms with E-state index in [1.54, 1.807) is 14.2 Å². The maximum absolute atomic E-state index is 12.5. The van der Waals surface area contributed by atoms with Crippen molar-refractivity contribution in [3.8, 4) is 22.1 Å². The van der Waals surface area contributed by atoms with Crippen LogP contribution in [0.2, 0.25) is 0 Å². The predicted molar refractivity (Wildman–Crippen MR) is 98.4 cm³/mol. The van der Waals surface area contributed by atoms with Crippen LogP contribution in [0.1, 0.15) is 12.6 Å². The van der Waals surface area contributed by atoms with Crippen molar-refractivity contribution in [3.63, 3.8) is 0 Å². The number of ether oxygens (including phenoxy) is 2. The number of carbonyl (C=O) groups is 1. The summed E-state index contributed by atoms with van der Waals surface area (Å²) >= 11 is 1.53. The average molecular weight is 361 g/mol. The molecule has 1 atom stereocenters. The minimum absolute atomic E-state index is 0.137. The Bertz CT molecular complexity index is 747. The molecule has 2 aromatic rings. The highest BCUT2D eigenvalue weighted by atomic mass is 32.1. The molecule has 7 heteroatoms. The van der Waals surface area contributed by atoms with Gasteiger partial charge in [0.2, 0.25) is 5.91 Å². The van der Waals surface area contributed by atoms with E-state index in [1.165, 1.54) is 11.3 Å². The Balaban J connectivity index is 1.73. The zero-order chi connectivity index (χ0) is 17.8. The number of nitrogens with one attached hydrogen (secondary N) is 1. The van der Waals surface area contributed by atoms with Gasteiger partial charge in [-0.15, -0.1) is 11.3 Å². The zero-order valence-electron chi connectivity index (χ0n) is 14.7. The highest BCUT2D eigenvalue weighted by Gasteiger charge is 2.23. The molecule has 1 fully saturated rings. The SMILES string of the molecule is COc1ccc(-c2nc(CC(=O)N3CCNC[C@H]3C)cs2)cc1OC. The summed E-state index contributed by atoms with van der Waals surface area (Å²) in [5.41, 5.74) is 1.77. The zero-order valence-corrected chi connectivity index (χ0v) is 15.6. The topological polar surface area (TPSA) is 63.7 Å². The Labute approximate surface area is 151 Å². The molecule has 1 aliphatic heterocycles. The molecule has 6 nitrogen and oxygen atoms in total. The number of hydrogen-bond acceptors (Lipinski definition) is 6. The van der Waals surface area contributed by atoms with Gasteiger partial charge in [-0.25, -0.2) is 4.98 Å². The van der Waals surface area contributed by atoms with Gasteiger partial charge < -0.3 is 19.7 Å². The predicted octanol–water partition coefficient (Wildman–Crippen LogP) is 2.19. The Morgan fingerprint density at radius 2 is 2.16 bits per heavy atom. The van der Waals surface area contributed by atoms with E-state index in [4.69, 9.17) is 9.47 Å². The van der Waals surface area contributed by atoms with Crippen LogP contribution in [0.3, 0.4) is 0 Å². The number of aromatic nitrogens is 1. The Morgan fingerprint density at radius 3 is 2.88 bits per heavy atom. The van der Waals surface area contributed by atoms with E-state index in [2.05, 4.69) is 17.2 Å². The summed E-state index contributed by atoms with van der Waals surface area (Å²) in [6, 6.07) is 5.94. The molecule has 0 unspecified atom stereocenters. The van der Waals surface area contributed by atoms with Crippen molar-refractivity contribution in [2.24, 2.45) is 0 Å². The number of thiazole rings is 1. The summed E-state index contributed by atoms with van der Waals surface area (Å²) in [6.07, 6.45) is 0.341. The third-order valence-electron chi connectivity index (χ3n) is 4.34. The standard InChI is InChI=1S/C18H23N3O3S/c1-12-10-19-6-7-21(12)17(22)9-14-11-25-18(20-14)13-4-5-15(23-2)16(8-13)24-3/h4-5,8,11-12,19H,6-7,9-10H2,1-3H3/t12-/m1/s1. The lowest BCUT2D eigenvalue weighted by molar-refractivity contribution is -0.133. The van der Waals surface area contributed by atoms with E-state index >= 15 is 0 Å². The molecule has 1 amide bonds. The minimum atomic E-state index is 0.137. The summed E-state index contributed by atoms with van der Waals surface area (Å²) in [7, 11) is 3.23. The molecule has 25 heavy (non-hydrogen) atoms. The summed E-state index contributed by atoms with van der Waals surface area (Å²) in [5, 5.41) is 6.13. The highest BCUT2D eigenvalue weighted by molar-refractivity contribution is 7.13. The fraction of sp³-hybridized carbons (Fsp3) is 0.444. The lowest BCUT2D eigenvalue weighted by Crippen LogP contribution is -2.52. The first-order valence-electron chi connectivity index (χ1n) is 8.29. The van der Waals surface area contributed by atoms with Gasteiger partial charge in [0.15, 0.2) is 11.5 Å². The van der Waals surface area contributed by atoms with Crippen molar-refractivity contribution < 1.29 is 14.3 Å². The van der Waals surface area contributed by atoms with Crippen LogP contribution in [0.25, 0.3) is 10.6 Å². The van der Waals surface area contributed by atoms with E-state index in [-0.39, 0.29) is 11.9 Å². The van der Waals surface area contributed by atoms with Crippen LogP contribution in [0, 0.1) is 0 Å². The first-order valence-corrected chi connectivity index (χ1v) is 9.17. The molecule has 134 valence electrons. The van der Waals surface area contributed by atoms with Crippen LogP contribution in [-0.2, 0) is 11.2 Å². The van der Waals surface area contributed by atoms with Crippen molar-refractivity contribution >= 4 is 17.2 Å². The minimum Gasteiger partial charge on any atom is -0.493 e. The summed E-state index contributed by atoms with van der Waals surface area (Å²) < 4.78 is 10.6. The van der Waals surface area contributed by atoms with Crippen LogP contribution in [0.15, 0.2) is 23.6 Å². The first-order chi connectivity index (χ1) is 12.1. The number of nitrogens with zero attached hydrogens (tertiary/aromatic N) is 2. The monoisotopic (exact) mass is 361 g/mol. The molecule has 1 aliphatic rings. The largest absolute Gasteiger partial charge is 0.493 e. The molecule has 1 aromatic carbocycles. The second-order valence-corrected chi connectivity index (χ2v) is 6.89. The molecule has 0 radical (unpaired) electrons. The molecule has 0 saturated carbocycles. The number of hydrogen-bond donors (Lipinski definition) is 1. The van der Waals surface area contributed by atoms with Crippen LogP contribution >= 0.6 is 11.3 Å². The molecule has 0 bridgehead atoms. The lowest BCUT2D eigenvalue weighted by atomic mass is 10.2. The summed E-state index contributed by atoms with van der Waals surface area (Å²) in [5.74, 6) is 1.49. The number of carbonyl (C=O) groups excluding carboxylic acids is 1. The molecule has 3 rings (SSSR count). The fourth-order valence-corrected chi connectivity index (χ4v) is 3.77. The van der Waals surface area contributed by atoms with Crippen LogP contribution in [0.5, 0.6) is 11.5 Å². The van der Waals surface area contributed by atoms with Crippen molar-refractivity contribution in [1.82, 2.24) is 15.2 Å². The van der Waals surface area contributed by atoms with E-state index in [9.17, 15) is 4.79 Å². The van der Waals surface area contributed by atoms with Gasteiger partial charge in [0.05, 0.1) is 26.3 Å². The smallest absolute Gasteiger partial charge is 0.228 e. The molecular weight excluding hydrogens is 338 g/mol. The molecule has 1 aromatic heterocycles.